The highest BCUT2D eigenvalue weighted by Crippen LogP contribution is 2.35. The van der Waals surface area contributed by atoms with E-state index in [1.165, 1.54) is 12.1 Å². The van der Waals surface area contributed by atoms with E-state index in [0.29, 0.717) is 0 Å². The van der Waals surface area contributed by atoms with E-state index in [0.717, 1.165) is 5.56 Å². The molecule has 0 amide bonds. The molecule has 0 saturated heterocycles. The summed E-state index contributed by atoms with van der Waals surface area (Å²) in [6, 6.07) is 17.0. The summed E-state index contributed by atoms with van der Waals surface area (Å²) in [7, 11) is 0. The van der Waals surface area contributed by atoms with Crippen molar-refractivity contribution in [1.82, 2.24) is 0 Å². The van der Waals surface area contributed by atoms with Gasteiger partial charge in [0.25, 0.3) is 0 Å². The van der Waals surface area contributed by atoms with Crippen molar-refractivity contribution >= 4 is 0 Å². The predicted octanol–water partition coefficient (Wildman–Crippen LogP) is 4.12. The second kappa shape index (κ2) is 8.53. The van der Waals surface area contributed by atoms with Crippen molar-refractivity contribution in [1.29, 1.82) is 0 Å². The molecule has 0 aliphatic heterocycles. The second-order valence-corrected chi connectivity index (χ2v) is 5.17. The molecule has 2 aromatic rings. The fourth-order valence-corrected chi connectivity index (χ4v) is 2.13. The zero-order valence-corrected chi connectivity index (χ0v) is 12.8. The third kappa shape index (κ3) is 5.41. The maximum absolute atomic E-state index is 13.1. The molecule has 0 fully saturated rings. The number of rotatable bonds is 5. The van der Waals surface area contributed by atoms with E-state index >= 15 is 0 Å². The molecule has 126 valence electrons. The predicted molar refractivity (Wildman–Crippen MR) is 84.8 cm³/mol. The van der Waals surface area contributed by atoms with Crippen LogP contribution in [0.25, 0.3) is 0 Å². The standard InChI is InChI=1S/C19H17F3O2/c20-19(21,22)17(18(23)16-10-5-2-6-11-16)12-7-13-24-14-15-8-3-1-4-9-15/h1-6,8-11,17-18,23H,13-14H2. The number of halogens is 3. The van der Waals surface area contributed by atoms with Gasteiger partial charge in [-0.15, -0.1) is 0 Å². The number of aliphatic hydroxyl groups excluding tert-OH is 1. The van der Waals surface area contributed by atoms with Crippen LogP contribution in [0.5, 0.6) is 0 Å². The van der Waals surface area contributed by atoms with Gasteiger partial charge in [0.05, 0.1) is 6.61 Å². The van der Waals surface area contributed by atoms with Crippen LogP contribution in [0.1, 0.15) is 17.2 Å². The molecule has 0 radical (unpaired) electrons. The molecular weight excluding hydrogens is 317 g/mol. The minimum Gasteiger partial charge on any atom is -0.387 e. The minimum atomic E-state index is -4.62. The maximum Gasteiger partial charge on any atom is 0.405 e. The Bertz CT molecular complexity index is 672. The summed E-state index contributed by atoms with van der Waals surface area (Å²) < 4.78 is 44.6. The summed E-state index contributed by atoms with van der Waals surface area (Å²) in [6.45, 7) is 0.135. The summed E-state index contributed by atoms with van der Waals surface area (Å²) in [6.07, 6.45) is -6.35. The highest BCUT2D eigenvalue weighted by molar-refractivity contribution is 5.22. The van der Waals surface area contributed by atoms with Crippen LogP contribution in [-0.2, 0) is 11.3 Å². The minimum absolute atomic E-state index is 0.136. The summed E-state index contributed by atoms with van der Waals surface area (Å²) in [4.78, 5) is 0. The third-order valence-electron chi connectivity index (χ3n) is 3.35. The van der Waals surface area contributed by atoms with E-state index < -0.39 is 18.2 Å². The summed E-state index contributed by atoms with van der Waals surface area (Å²) in [5, 5.41) is 9.99. The van der Waals surface area contributed by atoms with Gasteiger partial charge in [0.15, 0.2) is 0 Å². The van der Waals surface area contributed by atoms with Crippen molar-refractivity contribution in [2.45, 2.75) is 18.9 Å². The lowest BCUT2D eigenvalue weighted by Gasteiger charge is -2.21. The molecule has 0 aliphatic rings. The van der Waals surface area contributed by atoms with E-state index in [2.05, 4.69) is 11.8 Å². The Kier molecular flexibility index (Phi) is 6.42. The SMILES string of the molecule is OC(c1ccccc1)C(C#CCOCc1ccccc1)C(F)(F)F. The molecule has 0 bridgehead atoms. The van der Waals surface area contributed by atoms with Crippen LogP contribution in [0.3, 0.4) is 0 Å². The van der Waals surface area contributed by atoms with Crippen LogP contribution in [0.4, 0.5) is 13.2 Å². The van der Waals surface area contributed by atoms with Gasteiger partial charge in [0.2, 0.25) is 0 Å². The Morgan fingerprint density at radius 2 is 1.54 bits per heavy atom. The van der Waals surface area contributed by atoms with E-state index in [1.807, 2.05) is 30.3 Å². The topological polar surface area (TPSA) is 29.5 Å². The Morgan fingerprint density at radius 3 is 2.12 bits per heavy atom. The maximum atomic E-state index is 13.1. The molecule has 0 aliphatic carbocycles. The molecule has 2 rings (SSSR count). The molecule has 0 spiro atoms. The number of ether oxygens (including phenoxy) is 1. The van der Waals surface area contributed by atoms with Gasteiger partial charge in [-0.2, -0.15) is 13.2 Å². The lowest BCUT2D eigenvalue weighted by molar-refractivity contribution is -0.182. The van der Waals surface area contributed by atoms with E-state index in [4.69, 9.17) is 4.74 Å². The normalized spacial score (nSPS) is 13.7. The van der Waals surface area contributed by atoms with Crippen LogP contribution in [0.15, 0.2) is 60.7 Å². The molecule has 2 atom stereocenters. The molecule has 5 heteroatoms. The van der Waals surface area contributed by atoms with Crippen molar-refractivity contribution in [3.05, 3.63) is 71.8 Å². The monoisotopic (exact) mass is 334 g/mol. The van der Waals surface area contributed by atoms with Crippen molar-refractivity contribution in [3.8, 4) is 11.8 Å². The number of alkyl halides is 3. The Morgan fingerprint density at radius 1 is 0.958 bits per heavy atom. The van der Waals surface area contributed by atoms with Gasteiger partial charge in [-0.05, 0) is 11.1 Å². The quantitative estimate of drug-likeness (QED) is 0.658. The van der Waals surface area contributed by atoms with Crippen molar-refractivity contribution in [2.24, 2.45) is 5.92 Å². The number of hydrogen-bond donors (Lipinski definition) is 1. The summed E-state index contributed by atoms with van der Waals surface area (Å²) in [5.74, 6) is 2.30. The first-order valence-corrected chi connectivity index (χ1v) is 7.38. The van der Waals surface area contributed by atoms with E-state index in [9.17, 15) is 18.3 Å². The molecule has 2 unspecified atom stereocenters. The van der Waals surface area contributed by atoms with Gasteiger partial charge in [-0.3, -0.25) is 0 Å². The highest BCUT2D eigenvalue weighted by Gasteiger charge is 2.43. The van der Waals surface area contributed by atoms with Crippen LogP contribution in [0, 0.1) is 17.8 Å². The van der Waals surface area contributed by atoms with Crippen LogP contribution >= 0.6 is 0 Å². The average molecular weight is 334 g/mol. The van der Waals surface area contributed by atoms with Crippen molar-refractivity contribution in [3.63, 3.8) is 0 Å². The largest absolute Gasteiger partial charge is 0.405 e. The zero-order valence-electron chi connectivity index (χ0n) is 12.8. The van der Waals surface area contributed by atoms with E-state index in [1.54, 1.807) is 18.2 Å². The van der Waals surface area contributed by atoms with E-state index in [-0.39, 0.29) is 18.8 Å². The van der Waals surface area contributed by atoms with Crippen LogP contribution < -0.4 is 0 Å². The highest BCUT2D eigenvalue weighted by atomic mass is 19.4. The fraction of sp³-hybridized carbons (Fsp3) is 0.263. The Hall–Kier alpha value is -2.29. The molecular formula is C19H17F3O2. The first-order valence-electron chi connectivity index (χ1n) is 7.38. The van der Waals surface area contributed by atoms with Crippen LogP contribution in [0.2, 0.25) is 0 Å². The first kappa shape index (κ1) is 18.1. The smallest absolute Gasteiger partial charge is 0.387 e. The second-order valence-electron chi connectivity index (χ2n) is 5.17. The molecule has 2 nitrogen and oxygen atoms in total. The average Bonchev–Trinajstić information content (AvgIpc) is 2.58. The van der Waals surface area contributed by atoms with Gasteiger partial charge < -0.3 is 9.84 Å². The van der Waals surface area contributed by atoms with Crippen molar-refractivity contribution < 1.29 is 23.0 Å². The lowest BCUT2D eigenvalue weighted by atomic mass is 9.95. The van der Waals surface area contributed by atoms with Gasteiger partial charge in [0.1, 0.15) is 18.6 Å². The van der Waals surface area contributed by atoms with Crippen molar-refractivity contribution in [2.75, 3.05) is 6.61 Å². The molecule has 0 heterocycles. The number of benzene rings is 2. The third-order valence-corrected chi connectivity index (χ3v) is 3.35. The molecule has 2 aromatic carbocycles. The van der Waals surface area contributed by atoms with Gasteiger partial charge >= 0.3 is 6.18 Å². The summed E-state index contributed by atoms with van der Waals surface area (Å²) >= 11 is 0. The molecule has 1 N–H and O–H groups in total. The zero-order chi connectivity index (χ0) is 17.4. The fourth-order valence-electron chi connectivity index (χ4n) is 2.13. The molecule has 0 saturated carbocycles. The first-order chi connectivity index (χ1) is 11.5. The Balaban J connectivity index is 1.97. The Labute approximate surface area is 138 Å². The lowest BCUT2D eigenvalue weighted by Crippen LogP contribution is -2.28. The number of hydrogen-bond acceptors (Lipinski definition) is 2. The number of aliphatic hydroxyl groups is 1. The van der Waals surface area contributed by atoms with Gasteiger partial charge in [-0.1, -0.05) is 72.5 Å². The molecule has 24 heavy (non-hydrogen) atoms. The van der Waals surface area contributed by atoms with Crippen LogP contribution in [-0.4, -0.2) is 17.9 Å². The molecule has 0 aromatic heterocycles. The van der Waals surface area contributed by atoms with Gasteiger partial charge in [0, 0.05) is 0 Å². The van der Waals surface area contributed by atoms with Gasteiger partial charge in [-0.25, -0.2) is 0 Å². The summed E-state index contributed by atoms with van der Waals surface area (Å²) in [5.41, 5.74) is 1.09.